The number of esters is 1. The van der Waals surface area contributed by atoms with E-state index in [-0.39, 0.29) is 12.4 Å². The van der Waals surface area contributed by atoms with Crippen LogP contribution in [0.5, 0.6) is 5.75 Å². The molecule has 0 aliphatic heterocycles. The molecular weight excluding hydrogens is 362 g/mol. The Balaban J connectivity index is 1.51. The summed E-state index contributed by atoms with van der Waals surface area (Å²) < 4.78 is 15.8. The SMILES string of the molecule is COc1ccc(C(=O)NCC(=O)OC(C)c2nnc(-c3ccccc3)o2)cc1. The van der Waals surface area contributed by atoms with Crippen LogP contribution < -0.4 is 10.1 Å². The summed E-state index contributed by atoms with van der Waals surface area (Å²) in [6, 6.07) is 15.8. The Morgan fingerprint density at radius 2 is 1.79 bits per heavy atom. The van der Waals surface area contributed by atoms with Crippen LogP contribution in [0.4, 0.5) is 0 Å². The molecule has 0 fully saturated rings. The van der Waals surface area contributed by atoms with Crippen LogP contribution in [0.3, 0.4) is 0 Å². The van der Waals surface area contributed by atoms with Crippen molar-refractivity contribution >= 4 is 11.9 Å². The number of rotatable bonds is 7. The van der Waals surface area contributed by atoms with Gasteiger partial charge in [0.05, 0.1) is 7.11 Å². The van der Waals surface area contributed by atoms with Crippen molar-refractivity contribution in [3.8, 4) is 17.2 Å². The molecule has 0 aliphatic carbocycles. The Labute approximate surface area is 161 Å². The van der Waals surface area contributed by atoms with Gasteiger partial charge in [0, 0.05) is 11.1 Å². The largest absolute Gasteiger partial charge is 0.497 e. The van der Waals surface area contributed by atoms with Crippen LogP contribution in [-0.4, -0.2) is 35.7 Å². The van der Waals surface area contributed by atoms with Crippen molar-refractivity contribution in [3.63, 3.8) is 0 Å². The molecule has 1 N–H and O–H groups in total. The molecule has 8 nitrogen and oxygen atoms in total. The van der Waals surface area contributed by atoms with Crippen molar-refractivity contribution in [1.29, 1.82) is 0 Å². The van der Waals surface area contributed by atoms with Crippen LogP contribution in [0.25, 0.3) is 11.5 Å². The summed E-state index contributed by atoms with van der Waals surface area (Å²) in [6.45, 7) is 1.33. The van der Waals surface area contributed by atoms with Gasteiger partial charge in [0.1, 0.15) is 12.3 Å². The van der Waals surface area contributed by atoms with Gasteiger partial charge < -0.3 is 19.2 Å². The predicted octanol–water partition coefficient (Wildman–Crippen LogP) is 2.78. The molecule has 8 heteroatoms. The third-order valence-electron chi connectivity index (χ3n) is 3.86. The minimum Gasteiger partial charge on any atom is -0.497 e. The zero-order valence-corrected chi connectivity index (χ0v) is 15.4. The van der Waals surface area contributed by atoms with E-state index in [1.165, 1.54) is 0 Å². The summed E-state index contributed by atoms with van der Waals surface area (Å²) in [5.41, 5.74) is 1.18. The molecule has 3 rings (SSSR count). The van der Waals surface area contributed by atoms with E-state index in [0.29, 0.717) is 17.2 Å². The van der Waals surface area contributed by atoms with E-state index in [9.17, 15) is 9.59 Å². The number of ether oxygens (including phenoxy) is 2. The van der Waals surface area contributed by atoms with Gasteiger partial charge in [-0.2, -0.15) is 0 Å². The molecule has 2 aromatic carbocycles. The van der Waals surface area contributed by atoms with Gasteiger partial charge in [0.15, 0.2) is 6.10 Å². The van der Waals surface area contributed by atoms with Crippen LogP contribution in [0, 0.1) is 0 Å². The van der Waals surface area contributed by atoms with Crippen LogP contribution in [0.1, 0.15) is 29.3 Å². The molecule has 0 aliphatic rings. The lowest BCUT2D eigenvalue weighted by Crippen LogP contribution is -2.31. The average Bonchev–Trinajstić information content (AvgIpc) is 3.23. The molecule has 28 heavy (non-hydrogen) atoms. The minimum absolute atomic E-state index is 0.175. The number of hydrogen-bond acceptors (Lipinski definition) is 7. The van der Waals surface area contributed by atoms with E-state index in [1.54, 1.807) is 38.3 Å². The molecule has 1 amide bonds. The van der Waals surface area contributed by atoms with Crippen molar-refractivity contribution in [2.75, 3.05) is 13.7 Å². The van der Waals surface area contributed by atoms with Gasteiger partial charge in [-0.3, -0.25) is 9.59 Å². The molecule has 1 aromatic heterocycles. The fourth-order valence-electron chi connectivity index (χ4n) is 2.38. The quantitative estimate of drug-likeness (QED) is 0.628. The summed E-state index contributed by atoms with van der Waals surface area (Å²) in [4.78, 5) is 24.1. The first-order valence-electron chi connectivity index (χ1n) is 8.57. The predicted molar refractivity (Wildman–Crippen MR) is 99.6 cm³/mol. The number of amides is 1. The van der Waals surface area contributed by atoms with Gasteiger partial charge in [-0.05, 0) is 43.3 Å². The average molecular weight is 381 g/mol. The normalized spacial score (nSPS) is 11.5. The van der Waals surface area contributed by atoms with E-state index in [2.05, 4.69) is 15.5 Å². The third-order valence-corrected chi connectivity index (χ3v) is 3.86. The zero-order chi connectivity index (χ0) is 19.9. The number of nitrogens with one attached hydrogen (secondary N) is 1. The number of aromatic nitrogens is 2. The van der Waals surface area contributed by atoms with Crippen molar-refractivity contribution < 1.29 is 23.5 Å². The summed E-state index contributed by atoms with van der Waals surface area (Å²) >= 11 is 0. The van der Waals surface area contributed by atoms with Gasteiger partial charge in [0.2, 0.25) is 5.89 Å². The highest BCUT2D eigenvalue weighted by molar-refractivity contribution is 5.96. The smallest absolute Gasteiger partial charge is 0.326 e. The molecule has 0 radical (unpaired) electrons. The van der Waals surface area contributed by atoms with Crippen LogP contribution in [-0.2, 0) is 9.53 Å². The molecular formula is C20H19N3O5. The number of benzene rings is 2. The summed E-state index contributed by atoms with van der Waals surface area (Å²) in [5.74, 6) is 0.143. The van der Waals surface area contributed by atoms with Crippen LogP contribution >= 0.6 is 0 Å². The monoisotopic (exact) mass is 381 g/mol. The van der Waals surface area contributed by atoms with Crippen molar-refractivity contribution in [1.82, 2.24) is 15.5 Å². The Morgan fingerprint density at radius 1 is 1.07 bits per heavy atom. The fraction of sp³-hybridized carbons (Fsp3) is 0.200. The first-order chi connectivity index (χ1) is 13.6. The standard InChI is InChI=1S/C20H19N3O5/c1-13(19-22-23-20(28-19)15-6-4-3-5-7-15)27-17(24)12-21-18(25)14-8-10-16(26-2)11-9-14/h3-11,13H,12H2,1-2H3,(H,21,25). The maximum atomic E-state index is 12.1. The van der Waals surface area contributed by atoms with Crippen LogP contribution in [0.15, 0.2) is 59.0 Å². The molecule has 3 aromatic rings. The fourth-order valence-corrected chi connectivity index (χ4v) is 2.38. The Hall–Kier alpha value is -3.68. The second-order valence-corrected chi connectivity index (χ2v) is 5.85. The maximum absolute atomic E-state index is 12.1. The third kappa shape index (κ3) is 4.73. The van der Waals surface area contributed by atoms with Gasteiger partial charge in [-0.25, -0.2) is 0 Å². The molecule has 1 unspecified atom stereocenters. The second-order valence-electron chi connectivity index (χ2n) is 5.85. The lowest BCUT2D eigenvalue weighted by molar-refractivity contribution is -0.148. The molecule has 0 saturated heterocycles. The van der Waals surface area contributed by atoms with E-state index >= 15 is 0 Å². The van der Waals surface area contributed by atoms with Crippen LogP contribution in [0.2, 0.25) is 0 Å². The summed E-state index contributed by atoms with van der Waals surface area (Å²) in [7, 11) is 1.54. The molecule has 1 atom stereocenters. The van der Waals surface area contributed by atoms with E-state index in [0.717, 1.165) is 5.56 Å². The highest BCUT2D eigenvalue weighted by atomic mass is 16.6. The van der Waals surface area contributed by atoms with E-state index < -0.39 is 18.0 Å². The molecule has 144 valence electrons. The van der Waals surface area contributed by atoms with Crippen molar-refractivity contribution in [2.24, 2.45) is 0 Å². The number of methoxy groups -OCH3 is 1. The highest BCUT2D eigenvalue weighted by Crippen LogP contribution is 2.22. The number of nitrogens with zero attached hydrogens (tertiary/aromatic N) is 2. The molecule has 1 heterocycles. The zero-order valence-electron chi connectivity index (χ0n) is 15.4. The van der Waals surface area contributed by atoms with Crippen molar-refractivity contribution in [3.05, 3.63) is 66.1 Å². The van der Waals surface area contributed by atoms with Crippen molar-refractivity contribution in [2.45, 2.75) is 13.0 Å². The molecule has 0 bridgehead atoms. The van der Waals surface area contributed by atoms with Gasteiger partial charge >= 0.3 is 5.97 Å². The lowest BCUT2D eigenvalue weighted by Gasteiger charge is -2.10. The number of carbonyl (C=O) groups is 2. The topological polar surface area (TPSA) is 104 Å². The Kier molecular flexibility index (Phi) is 6.01. The first kappa shape index (κ1) is 19.1. The van der Waals surface area contributed by atoms with Gasteiger partial charge in [-0.15, -0.1) is 10.2 Å². The van der Waals surface area contributed by atoms with Gasteiger partial charge in [0.25, 0.3) is 11.8 Å². The lowest BCUT2D eigenvalue weighted by atomic mass is 10.2. The Bertz CT molecular complexity index is 938. The minimum atomic E-state index is -0.740. The Morgan fingerprint density at radius 3 is 2.46 bits per heavy atom. The maximum Gasteiger partial charge on any atom is 0.326 e. The highest BCUT2D eigenvalue weighted by Gasteiger charge is 2.19. The van der Waals surface area contributed by atoms with E-state index in [1.807, 2.05) is 30.3 Å². The van der Waals surface area contributed by atoms with E-state index in [4.69, 9.17) is 13.9 Å². The molecule has 0 spiro atoms. The summed E-state index contributed by atoms with van der Waals surface area (Å²) in [6.07, 6.45) is -0.740. The molecule has 0 saturated carbocycles. The van der Waals surface area contributed by atoms with Gasteiger partial charge in [-0.1, -0.05) is 18.2 Å². The first-order valence-corrected chi connectivity index (χ1v) is 8.57. The number of hydrogen-bond donors (Lipinski definition) is 1. The second kappa shape index (κ2) is 8.81. The number of carbonyl (C=O) groups excluding carboxylic acids is 2. The summed E-state index contributed by atoms with van der Waals surface area (Å²) in [5, 5.41) is 10.4.